The predicted molar refractivity (Wildman–Crippen MR) is 60.3 cm³/mol. The van der Waals surface area contributed by atoms with Gasteiger partial charge >= 0.3 is 0 Å². The zero-order valence-electron chi connectivity index (χ0n) is 9.03. The van der Waals surface area contributed by atoms with Gasteiger partial charge in [0.05, 0.1) is 0 Å². The average Bonchev–Trinajstić information content (AvgIpc) is 2.28. The number of carbonyl (C=O) groups is 1. The fourth-order valence-electron chi connectivity index (χ4n) is 1.30. The van der Waals surface area contributed by atoms with Crippen LogP contribution in [0.5, 0.6) is 0 Å². The Morgan fingerprint density at radius 3 is 2.88 bits per heavy atom. The van der Waals surface area contributed by atoms with Crippen LogP contribution in [0.3, 0.4) is 0 Å². The zero-order chi connectivity index (χ0) is 11.8. The molecule has 3 N–H and O–H groups in total. The van der Waals surface area contributed by atoms with Gasteiger partial charge in [0.15, 0.2) is 0 Å². The maximum Gasteiger partial charge on any atom is 0.251 e. The first-order chi connectivity index (χ1) is 7.74. The molecule has 0 radical (unpaired) electrons. The lowest BCUT2D eigenvalue weighted by molar-refractivity contribution is 0.0952. The molecule has 1 rings (SSSR count). The number of aromatic nitrogens is 1. The molecule has 1 aromatic heterocycles. The number of hydrogen-bond acceptors (Lipinski definition) is 3. The average molecular weight is 224 g/mol. The maximum atomic E-state index is 11.5. The number of unbranched alkanes of at least 4 members (excludes halogenated alkanes) is 2. The molecular weight excluding hydrogens is 208 g/mol. The summed E-state index contributed by atoms with van der Waals surface area (Å²) in [5.41, 5.74) is 0.0823. The van der Waals surface area contributed by atoms with Crippen molar-refractivity contribution in [3.8, 4) is 0 Å². The van der Waals surface area contributed by atoms with Crippen molar-refractivity contribution in [3.63, 3.8) is 0 Å². The van der Waals surface area contributed by atoms with Gasteiger partial charge in [-0.2, -0.15) is 0 Å². The second-order valence-corrected chi connectivity index (χ2v) is 3.48. The molecule has 1 aromatic rings. The lowest BCUT2D eigenvalue weighted by atomic mass is 10.2. The van der Waals surface area contributed by atoms with Gasteiger partial charge in [0.2, 0.25) is 5.56 Å². The molecule has 0 bridgehead atoms. The Bertz CT molecular complexity index is 387. The van der Waals surface area contributed by atoms with Gasteiger partial charge in [0.25, 0.3) is 5.91 Å². The first-order valence-electron chi connectivity index (χ1n) is 5.32. The third-order valence-corrected chi connectivity index (χ3v) is 2.16. The van der Waals surface area contributed by atoms with Crippen molar-refractivity contribution in [2.45, 2.75) is 19.3 Å². The minimum absolute atomic E-state index is 0.183. The fourth-order valence-corrected chi connectivity index (χ4v) is 1.30. The first kappa shape index (κ1) is 12.4. The lowest BCUT2D eigenvalue weighted by Crippen LogP contribution is -2.25. The summed E-state index contributed by atoms with van der Waals surface area (Å²) < 4.78 is 0. The highest BCUT2D eigenvalue weighted by molar-refractivity contribution is 5.93. The van der Waals surface area contributed by atoms with Crippen molar-refractivity contribution in [1.82, 2.24) is 10.3 Å². The van der Waals surface area contributed by atoms with Crippen LogP contribution in [0, 0.1) is 0 Å². The van der Waals surface area contributed by atoms with Gasteiger partial charge in [-0.25, -0.2) is 0 Å². The quantitative estimate of drug-likeness (QED) is 0.606. The van der Waals surface area contributed by atoms with Crippen molar-refractivity contribution in [3.05, 3.63) is 34.2 Å². The molecule has 0 spiro atoms. The van der Waals surface area contributed by atoms with Crippen LogP contribution in [0.15, 0.2) is 23.1 Å². The number of aliphatic hydroxyl groups is 1. The van der Waals surface area contributed by atoms with E-state index < -0.39 is 0 Å². The third kappa shape index (κ3) is 4.27. The first-order valence-corrected chi connectivity index (χ1v) is 5.32. The normalized spacial score (nSPS) is 10.1. The summed E-state index contributed by atoms with van der Waals surface area (Å²) >= 11 is 0. The molecule has 0 atom stereocenters. The van der Waals surface area contributed by atoms with Crippen LogP contribution in [0.2, 0.25) is 0 Å². The summed E-state index contributed by atoms with van der Waals surface area (Å²) in [6.07, 6.45) is 3.91. The van der Waals surface area contributed by atoms with E-state index in [9.17, 15) is 9.59 Å². The Morgan fingerprint density at radius 1 is 1.38 bits per heavy atom. The van der Waals surface area contributed by atoms with Crippen molar-refractivity contribution in [1.29, 1.82) is 0 Å². The minimum atomic E-state index is -0.284. The highest BCUT2D eigenvalue weighted by Gasteiger charge is 2.04. The summed E-state index contributed by atoms with van der Waals surface area (Å²) in [6, 6.07) is 2.83. The lowest BCUT2D eigenvalue weighted by Gasteiger charge is -2.04. The molecule has 1 amide bonds. The minimum Gasteiger partial charge on any atom is -0.396 e. The van der Waals surface area contributed by atoms with Gasteiger partial charge in [0, 0.05) is 31.0 Å². The summed E-state index contributed by atoms with van der Waals surface area (Å²) in [5.74, 6) is -0.241. The summed E-state index contributed by atoms with van der Waals surface area (Å²) in [6.45, 7) is 0.744. The highest BCUT2D eigenvalue weighted by atomic mass is 16.2. The van der Waals surface area contributed by atoms with Crippen LogP contribution in [-0.4, -0.2) is 29.1 Å². The van der Waals surface area contributed by atoms with Crippen LogP contribution >= 0.6 is 0 Å². The van der Waals surface area contributed by atoms with Crippen molar-refractivity contribution < 1.29 is 9.90 Å². The van der Waals surface area contributed by atoms with E-state index in [4.69, 9.17) is 5.11 Å². The SMILES string of the molecule is O=C(NCCCCCO)c1cc[nH]c(=O)c1. The fraction of sp³-hybridized carbons (Fsp3) is 0.455. The molecule has 0 saturated heterocycles. The van der Waals surface area contributed by atoms with E-state index in [1.165, 1.54) is 12.3 Å². The number of nitrogens with one attached hydrogen (secondary N) is 2. The molecule has 5 heteroatoms. The topological polar surface area (TPSA) is 82.2 Å². The Kier molecular flexibility index (Phi) is 5.28. The van der Waals surface area contributed by atoms with E-state index in [-0.39, 0.29) is 18.1 Å². The number of amides is 1. The second kappa shape index (κ2) is 6.79. The number of pyridine rings is 1. The molecule has 0 aromatic carbocycles. The monoisotopic (exact) mass is 224 g/mol. The van der Waals surface area contributed by atoms with Crippen LogP contribution in [0.4, 0.5) is 0 Å². The van der Waals surface area contributed by atoms with E-state index in [0.29, 0.717) is 12.1 Å². The molecule has 0 aliphatic rings. The summed E-state index contributed by atoms with van der Waals surface area (Å²) in [7, 11) is 0. The van der Waals surface area contributed by atoms with E-state index in [2.05, 4.69) is 10.3 Å². The molecule has 0 aliphatic carbocycles. The Balaban J connectivity index is 2.33. The van der Waals surface area contributed by atoms with Gasteiger partial charge < -0.3 is 15.4 Å². The Morgan fingerprint density at radius 2 is 2.19 bits per heavy atom. The van der Waals surface area contributed by atoms with Crippen molar-refractivity contribution in [2.75, 3.05) is 13.2 Å². The van der Waals surface area contributed by atoms with Gasteiger partial charge in [-0.15, -0.1) is 0 Å². The Labute approximate surface area is 93.5 Å². The zero-order valence-corrected chi connectivity index (χ0v) is 9.03. The number of hydrogen-bond donors (Lipinski definition) is 3. The highest BCUT2D eigenvalue weighted by Crippen LogP contribution is 1.95. The van der Waals surface area contributed by atoms with Gasteiger partial charge in [-0.1, -0.05) is 0 Å². The molecule has 0 unspecified atom stereocenters. The third-order valence-electron chi connectivity index (χ3n) is 2.16. The summed E-state index contributed by atoms with van der Waals surface area (Å²) in [4.78, 5) is 24.9. The van der Waals surface area contributed by atoms with E-state index >= 15 is 0 Å². The predicted octanol–water partition coefficient (Wildman–Crippen LogP) is 0.267. The molecule has 16 heavy (non-hydrogen) atoms. The molecule has 88 valence electrons. The standard InChI is InChI=1S/C11H16N2O3/c14-7-3-1-2-5-13-11(16)9-4-6-12-10(15)8-9/h4,6,8,14H,1-3,5,7H2,(H,12,15)(H,13,16). The number of carbonyl (C=O) groups excluding carboxylic acids is 1. The van der Waals surface area contributed by atoms with Crippen LogP contribution < -0.4 is 10.9 Å². The smallest absolute Gasteiger partial charge is 0.251 e. The van der Waals surface area contributed by atoms with Crippen LogP contribution in [-0.2, 0) is 0 Å². The molecular formula is C11H16N2O3. The van der Waals surface area contributed by atoms with Crippen LogP contribution in [0.25, 0.3) is 0 Å². The van der Waals surface area contributed by atoms with Crippen molar-refractivity contribution in [2.24, 2.45) is 0 Å². The largest absolute Gasteiger partial charge is 0.396 e. The maximum absolute atomic E-state index is 11.5. The number of aliphatic hydroxyl groups excluding tert-OH is 1. The number of rotatable bonds is 6. The van der Waals surface area contributed by atoms with E-state index in [0.717, 1.165) is 19.3 Å². The van der Waals surface area contributed by atoms with Crippen LogP contribution in [0.1, 0.15) is 29.6 Å². The molecule has 0 fully saturated rings. The summed E-state index contributed by atoms with van der Waals surface area (Å²) in [5, 5.41) is 11.3. The van der Waals surface area contributed by atoms with E-state index in [1.54, 1.807) is 6.07 Å². The van der Waals surface area contributed by atoms with E-state index in [1.807, 2.05) is 0 Å². The van der Waals surface area contributed by atoms with Gasteiger partial charge in [-0.3, -0.25) is 9.59 Å². The van der Waals surface area contributed by atoms with Gasteiger partial charge in [0.1, 0.15) is 0 Å². The molecule has 0 aliphatic heterocycles. The number of H-pyrrole nitrogens is 1. The molecule has 0 saturated carbocycles. The Hall–Kier alpha value is -1.62. The molecule has 5 nitrogen and oxygen atoms in total. The van der Waals surface area contributed by atoms with Crippen molar-refractivity contribution >= 4 is 5.91 Å². The second-order valence-electron chi connectivity index (χ2n) is 3.48. The molecule has 1 heterocycles. The number of aromatic amines is 1. The van der Waals surface area contributed by atoms with Gasteiger partial charge in [-0.05, 0) is 25.3 Å².